The first-order valence-corrected chi connectivity index (χ1v) is 6.23. The lowest BCUT2D eigenvalue weighted by atomic mass is 9.96. The quantitative estimate of drug-likeness (QED) is 0.821. The van der Waals surface area contributed by atoms with Crippen molar-refractivity contribution in [2.45, 2.75) is 34.1 Å². The number of benzene rings is 1. The number of aryl methyl sites for hydroxylation is 1. The number of amides is 1. The lowest BCUT2D eigenvalue weighted by Gasteiger charge is -2.18. The first kappa shape index (κ1) is 14.6. The van der Waals surface area contributed by atoms with E-state index in [4.69, 9.17) is 4.74 Å². The summed E-state index contributed by atoms with van der Waals surface area (Å²) in [5, 5.41) is 0. The maximum Gasteiger partial charge on any atom is 0.219 e. The zero-order valence-electron chi connectivity index (χ0n) is 12.3. The second kappa shape index (κ2) is 5.89. The lowest BCUT2D eigenvalue weighted by molar-refractivity contribution is -0.127. The Kier molecular flexibility index (Phi) is 4.76. The van der Waals surface area contributed by atoms with Gasteiger partial charge in [0.15, 0.2) is 0 Å². The molecule has 1 aromatic rings. The molecule has 0 saturated carbocycles. The van der Waals surface area contributed by atoms with Gasteiger partial charge in [0.1, 0.15) is 5.75 Å². The van der Waals surface area contributed by atoms with Crippen LogP contribution in [0.3, 0.4) is 0 Å². The van der Waals surface area contributed by atoms with Gasteiger partial charge < -0.3 is 9.64 Å². The van der Waals surface area contributed by atoms with Gasteiger partial charge in [0, 0.05) is 20.5 Å². The van der Waals surface area contributed by atoms with E-state index in [9.17, 15) is 4.79 Å². The maximum absolute atomic E-state index is 11.2. The van der Waals surface area contributed by atoms with E-state index in [0.717, 1.165) is 24.3 Å². The zero-order chi connectivity index (χ0) is 13.9. The van der Waals surface area contributed by atoms with Gasteiger partial charge in [-0.05, 0) is 49.4 Å². The normalized spacial score (nSPS) is 10.3. The van der Waals surface area contributed by atoms with Crippen LogP contribution in [0.5, 0.6) is 5.75 Å². The van der Waals surface area contributed by atoms with Gasteiger partial charge in [0.25, 0.3) is 0 Å². The summed E-state index contributed by atoms with van der Waals surface area (Å²) in [7, 11) is 3.54. The molecule has 0 fully saturated rings. The van der Waals surface area contributed by atoms with Crippen molar-refractivity contribution < 1.29 is 9.53 Å². The summed E-state index contributed by atoms with van der Waals surface area (Å²) in [5.74, 6) is 1.07. The van der Waals surface area contributed by atoms with Crippen molar-refractivity contribution in [1.82, 2.24) is 4.90 Å². The van der Waals surface area contributed by atoms with Crippen molar-refractivity contribution in [3.8, 4) is 5.75 Å². The summed E-state index contributed by atoms with van der Waals surface area (Å²) >= 11 is 0. The predicted octanol–water partition coefficient (Wildman–Crippen LogP) is 2.64. The molecule has 0 bridgehead atoms. The summed E-state index contributed by atoms with van der Waals surface area (Å²) in [6.45, 7) is 8.60. The molecule has 0 saturated heterocycles. The molecule has 1 amide bonds. The topological polar surface area (TPSA) is 29.5 Å². The number of methoxy groups -OCH3 is 1. The third kappa shape index (κ3) is 3.03. The Morgan fingerprint density at radius 1 is 1.28 bits per heavy atom. The molecular weight excluding hydrogens is 226 g/mol. The molecular formula is C15H23NO2. The second-order valence-electron chi connectivity index (χ2n) is 4.83. The van der Waals surface area contributed by atoms with Crippen LogP contribution in [0.4, 0.5) is 0 Å². The highest BCUT2D eigenvalue weighted by Crippen LogP contribution is 2.28. The molecule has 0 aromatic heterocycles. The van der Waals surface area contributed by atoms with Crippen LogP contribution >= 0.6 is 0 Å². The van der Waals surface area contributed by atoms with Crippen molar-refractivity contribution in [2.75, 3.05) is 20.7 Å². The minimum atomic E-state index is 0.106. The van der Waals surface area contributed by atoms with Crippen LogP contribution in [-0.2, 0) is 11.2 Å². The Labute approximate surface area is 110 Å². The number of nitrogens with zero attached hydrogens (tertiary/aromatic N) is 1. The third-order valence-electron chi connectivity index (χ3n) is 3.59. The minimum absolute atomic E-state index is 0.106. The molecule has 0 aliphatic carbocycles. The highest BCUT2D eigenvalue weighted by molar-refractivity contribution is 5.72. The fourth-order valence-corrected chi connectivity index (χ4v) is 2.16. The molecule has 0 unspecified atom stereocenters. The van der Waals surface area contributed by atoms with Crippen LogP contribution in [0.2, 0.25) is 0 Å². The largest absolute Gasteiger partial charge is 0.496 e. The number of carbonyl (C=O) groups is 1. The first-order chi connectivity index (χ1) is 8.38. The molecule has 3 heteroatoms. The van der Waals surface area contributed by atoms with Crippen LogP contribution < -0.4 is 4.74 Å². The maximum atomic E-state index is 11.2. The molecule has 18 heavy (non-hydrogen) atoms. The van der Waals surface area contributed by atoms with E-state index >= 15 is 0 Å². The van der Waals surface area contributed by atoms with Gasteiger partial charge in [0.2, 0.25) is 5.91 Å². The second-order valence-corrected chi connectivity index (χ2v) is 4.83. The van der Waals surface area contributed by atoms with Gasteiger partial charge >= 0.3 is 0 Å². The average molecular weight is 249 g/mol. The van der Waals surface area contributed by atoms with E-state index in [2.05, 4.69) is 26.8 Å². The predicted molar refractivity (Wildman–Crippen MR) is 74.2 cm³/mol. The Hall–Kier alpha value is -1.51. The number of hydrogen-bond donors (Lipinski definition) is 0. The number of carbonyl (C=O) groups excluding carboxylic acids is 1. The molecule has 0 heterocycles. The van der Waals surface area contributed by atoms with E-state index in [1.54, 1.807) is 18.9 Å². The average Bonchev–Trinajstić information content (AvgIpc) is 2.32. The molecule has 3 nitrogen and oxygen atoms in total. The van der Waals surface area contributed by atoms with E-state index in [1.807, 2.05) is 7.05 Å². The van der Waals surface area contributed by atoms with E-state index in [-0.39, 0.29) is 5.91 Å². The minimum Gasteiger partial charge on any atom is -0.496 e. The van der Waals surface area contributed by atoms with Crippen molar-refractivity contribution in [1.29, 1.82) is 0 Å². The van der Waals surface area contributed by atoms with E-state index < -0.39 is 0 Å². The Morgan fingerprint density at radius 3 is 2.39 bits per heavy atom. The Balaban J connectivity index is 2.94. The summed E-state index contributed by atoms with van der Waals surface area (Å²) in [6.07, 6.45) is 0.883. The van der Waals surface area contributed by atoms with E-state index in [1.165, 1.54) is 16.7 Å². The molecule has 0 spiro atoms. The SMILES string of the molecule is COc1c(C)cc(CCN(C)C(C)=O)c(C)c1C. The monoisotopic (exact) mass is 249 g/mol. The van der Waals surface area contributed by atoms with Gasteiger partial charge in [0.05, 0.1) is 7.11 Å². The van der Waals surface area contributed by atoms with Crippen LogP contribution in [0, 0.1) is 20.8 Å². The van der Waals surface area contributed by atoms with Crippen LogP contribution in [-0.4, -0.2) is 31.5 Å². The summed E-state index contributed by atoms with van der Waals surface area (Å²) in [6, 6.07) is 2.16. The van der Waals surface area contributed by atoms with Crippen molar-refractivity contribution >= 4 is 5.91 Å². The van der Waals surface area contributed by atoms with Crippen LogP contribution in [0.25, 0.3) is 0 Å². The molecule has 1 rings (SSSR count). The fourth-order valence-electron chi connectivity index (χ4n) is 2.16. The van der Waals surface area contributed by atoms with Crippen molar-refractivity contribution in [3.63, 3.8) is 0 Å². The van der Waals surface area contributed by atoms with E-state index in [0.29, 0.717) is 0 Å². The standard InChI is InChI=1S/C15H23NO2/c1-10-9-14(7-8-16(5)13(4)17)11(2)12(3)15(10)18-6/h9H,7-8H2,1-6H3. The highest BCUT2D eigenvalue weighted by Gasteiger charge is 2.11. The number of ether oxygens (including phenoxy) is 1. The summed E-state index contributed by atoms with van der Waals surface area (Å²) in [4.78, 5) is 12.9. The van der Waals surface area contributed by atoms with Crippen LogP contribution in [0.1, 0.15) is 29.2 Å². The van der Waals surface area contributed by atoms with Gasteiger partial charge in [-0.15, -0.1) is 0 Å². The lowest BCUT2D eigenvalue weighted by Crippen LogP contribution is -2.26. The molecule has 0 N–H and O–H groups in total. The molecule has 1 aromatic carbocycles. The fraction of sp³-hybridized carbons (Fsp3) is 0.533. The number of likely N-dealkylation sites (N-methyl/N-ethyl adjacent to an activating group) is 1. The first-order valence-electron chi connectivity index (χ1n) is 6.23. The summed E-state index contributed by atoms with van der Waals surface area (Å²) in [5.41, 5.74) is 4.90. The van der Waals surface area contributed by atoms with Crippen molar-refractivity contribution in [2.24, 2.45) is 0 Å². The smallest absolute Gasteiger partial charge is 0.219 e. The van der Waals surface area contributed by atoms with Crippen molar-refractivity contribution in [3.05, 3.63) is 28.3 Å². The van der Waals surface area contributed by atoms with Gasteiger partial charge in [-0.3, -0.25) is 4.79 Å². The Bertz CT molecular complexity index is 452. The molecule has 0 radical (unpaired) electrons. The van der Waals surface area contributed by atoms with Gasteiger partial charge in [-0.2, -0.15) is 0 Å². The van der Waals surface area contributed by atoms with Gasteiger partial charge in [-0.25, -0.2) is 0 Å². The molecule has 0 aliphatic heterocycles. The highest BCUT2D eigenvalue weighted by atomic mass is 16.5. The number of rotatable bonds is 4. The Morgan fingerprint density at radius 2 is 1.89 bits per heavy atom. The number of hydrogen-bond acceptors (Lipinski definition) is 2. The zero-order valence-corrected chi connectivity index (χ0v) is 12.3. The molecule has 0 atom stereocenters. The van der Waals surface area contributed by atoms with Crippen LogP contribution in [0.15, 0.2) is 6.07 Å². The molecule has 0 aliphatic rings. The third-order valence-corrected chi connectivity index (χ3v) is 3.59. The van der Waals surface area contributed by atoms with Gasteiger partial charge in [-0.1, -0.05) is 6.07 Å². The summed E-state index contributed by atoms with van der Waals surface area (Å²) < 4.78 is 5.41. The molecule has 100 valence electrons.